The Kier molecular flexibility index (Phi) is 7.41. The van der Waals surface area contributed by atoms with E-state index < -0.39 is 10.0 Å². The third-order valence-electron chi connectivity index (χ3n) is 5.20. The molecule has 0 bridgehead atoms. The van der Waals surface area contributed by atoms with Crippen molar-refractivity contribution in [3.05, 3.63) is 78.3 Å². The Hall–Kier alpha value is -3.47. The molecule has 0 unspecified atom stereocenters. The van der Waals surface area contributed by atoms with Crippen LogP contribution in [0.25, 0.3) is 11.0 Å². The fourth-order valence-corrected chi connectivity index (χ4v) is 4.48. The fourth-order valence-electron chi connectivity index (χ4n) is 3.49. The minimum atomic E-state index is -3.75. The number of aromatic nitrogens is 2. The number of imidazole rings is 1. The van der Waals surface area contributed by atoms with Gasteiger partial charge in [0.15, 0.2) is 0 Å². The van der Waals surface area contributed by atoms with Crippen LogP contribution in [0.5, 0.6) is 0 Å². The van der Waals surface area contributed by atoms with Gasteiger partial charge in [-0.1, -0.05) is 12.1 Å². The van der Waals surface area contributed by atoms with Crippen LogP contribution in [0.15, 0.2) is 76.2 Å². The molecule has 4 aromatic rings. The van der Waals surface area contributed by atoms with Crippen LogP contribution < -0.4 is 10.0 Å². The molecule has 9 nitrogen and oxygen atoms in total. The van der Waals surface area contributed by atoms with Gasteiger partial charge in [-0.05, 0) is 61.9 Å². The normalized spacial score (nSPS) is 11.7. The maximum absolute atomic E-state index is 12.9. The first-order chi connectivity index (χ1) is 16.5. The third kappa shape index (κ3) is 5.53. The first-order valence-electron chi connectivity index (χ1n) is 10.9. The Morgan fingerprint density at radius 1 is 1.09 bits per heavy atom. The van der Waals surface area contributed by atoms with Crippen LogP contribution in [0.1, 0.15) is 29.5 Å². The number of furan rings is 1. The molecule has 2 N–H and O–H groups in total. The molecule has 10 heteroatoms. The van der Waals surface area contributed by atoms with Gasteiger partial charge in [0, 0.05) is 25.3 Å². The van der Waals surface area contributed by atoms with E-state index in [0.717, 1.165) is 17.5 Å². The van der Waals surface area contributed by atoms with Crippen molar-refractivity contribution in [1.82, 2.24) is 14.3 Å². The highest BCUT2D eigenvalue weighted by molar-refractivity contribution is 7.89. The number of fused-ring (bicyclic) bond motifs is 1. The number of rotatable bonds is 11. The van der Waals surface area contributed by atoms with Gasteiger partial charge < -0.3 is 13.7 Å². The van der Waals surface area contributed by atoms with Crippen molar-refractivity contribution in [2.45, 2.75) is 31.3 Å². The number of ether oxygens (including phenoxy) is 1. The number of para-hydroxylation sites is 2. The summed E-state index contributed by atoms with van der Waals surface area (Å²) < 4.78 is 40.0. The Morgan fingerprint density at radius 2 is 1.88 bits per heavy atom. The SMILES string of the molecule is CCOCCCn1c(NC(=O)c2ccc(S(=O)(=O)NCc3ccco3)cc2)nc2ccccc21. The summed E-state index contributed by atoms with van der Waals surface area (Å²) >= 11 is 0. The molecule has 0 saturated heterocycles. The topological polar surface area (TPSA) is 115 Å². The Balaban J connectivity index is 1.47. The lowest BCUT2D eigenvalue weighted by Crippen LogP contribution is -2.23. The molecule has 0 saturated carbocycles. The van der Waals surface area contributed by atoms with Crippen molar-refractivity contribution in [3.63, 3.8) is 0 Å². The second-order valence-corrected chi connectivity index (χ2v) is 9.28. The third-order valence-corrected chi connectivity index (χ3v) is 6.61. The van der Waals surface area contributed by atoms with Gasteiger partial charge in [-0.15, -0.1) is 0 Å². The van der Waals surface area contributed by atoms with Crippen molar-refractivity contribution >= 4 is 32.9 Å². The van der Waals surface area contributed by atoms with Crippen LogP contribution in [0.3, 0.4) is 0 Å². The molecule has 0 aliphatic carbocycles. The van der Waals surface area contributed by atoms with E-state index in [0.29, 0.717) is 37.0 Å². The van der Waals surface area contributed by atoms with Crippen molar-refractivity contribution in [3.8, 4) is 0 Å². The molecule has 0 aliphatic heterocycles. The second-order valence-electron chi connectivity index (χ2n) is 7.51. The molecule has 0 atom stereocenters. The monoisotopic (exact) mass is 482 g/mol. The summed E-state index contributed by atoms with van der Waals surface area (Å²) in [6.45, 7) is 3.88. The molecule has 1 amide bonds. The van der Waals surface area contributed by atoms with Crippen molar-refractivity contribution in [1.29, 1.82) is 0 Å². The number of nitrogens with one attached hydrogen (secondary N) is 2. The van der Waals surface area contributed by atoms with Crippen LogP contribution in [0, 0.1) is 0 Å². The molecule has 2 heterocycles. The van der Waals surface area contributed by atoms with Crippen LogP contribution in [0.2, 0.25) is 0 Å². The maximum Gasteiger partial charge on any atom is 0.257 e. The van der Waals surface area contributed by atoms with Gasteiger partial charge in [-0.3, -0.25) is 10.1 Å². The van der Waals surface area contributed by atoms with Gasteiger partial charge in [0.2, 0.25) is 16.0 Å². The summed E-state index contributed by atoms with van der Waals surface area (Å²) in [5.74, 6) is 0.553. The number of hydrogen-bond acceptors (Lipinski definition) is 6. The zero-order valence-electron chi connectivity index (χ0n) is 18.7. The van der Waals surface area contributed by atoms with Crippen LogP contribution in [0.4, 0.5) is 5.95 Å². The standard InChI is InChI=1S/C24H26N4O5S/c1-2-32-15-6-14-28-22-9-4-3-8-21(22)26-24(28)27-23(29)18-10-12-20(13-11-18)34(30,31)25-17-19-7-5-16-33-19/h3-5,7-13,16,25H,2,6,14-15,17H2,1H3,(H,26,27,29). The number of benzene rings is 2. The average Bonchev–Trinajstić information content (AvgIpc) is 3.49. The van der Waals surface area contributed by atoms with Gasteiger partial charge in [0.1, 0.15) is 5.76 Å². The largest absolute Gasteiger partial charge is 0.468 e. The van der Waals surface area contributed by atoms with E-state index >= 15 is 0 Å². The van der Waals surface area contributed by atoms with Crippen molar-refractivity contribution in [2.75, 3.05) is 18.5 Å². The van der Waals surface area contributed by atoms with Gasteiger partial charge in [0.25, 0.3) is 5.91 Å². The van der Waals surface area contributed by atoms with Crippen LogP contribution >= 0.6 is 0 Å². The highest BCUT2D eigenvalue weighted by Crippen LogP contribution is 2.21. The van der Waals surface area contributed by atoms with Crippen LogP contribution in [-0.2, 0) is 27.8 Å². The molecular weight excluding hydrogens is 456 g/mol. The zero-order chi connectivity index (χ0) is 24.0. The van der Waals surface area contributed by atoms with E-state index in [1.54, 1.807) is 12.1 Å². The van der Waals surface area contributed by atoms with Gasteiger partial charge >= 0.3 is 0 Å². The number of nitrogens with zero attached hydrogens (tertiary/aromatic N) is 2. The van der Waals surface area contributed by atoms with Gasteiger partial charge in [-0.25, -0.2) is 18.1 Å². The number of amides is 1. The summed E-state index contributed by atoms with van der Waals surface area (Å²) in [6.07, 6.45) is 2.25. The number of sulfonamides is 1. The van der Waals surface area contributed by atoms with Crippen molar-refractivity contribution < 1.29 is 22.4 Å². The van der Waals surface area contributed by atoms with Crippen molar-refractivity contribution in [2.24, 2.45) is 0 Å². The minimum absolute atomic E-state index is 0.0388. The highest BCUT2D eigenvalue weighted by Gasteiger charge is 2.17. The van der Waals surface area contributed by atoms with Crippen LogP contribution in [-0.4, -0.2) is 37.1 Å². The van der Waals surface area contributed by atoms with E-state index in [-0.39, 0.29) is 17.3 Å². The lowest BCUT2D eigenvalue weighted by molar-refractivity contribution is 0.102. The summed E-state index contributed by atoms with van der Waals surface area (Å²) in [5, 5.41) is 2.85. The molecule has 0 radical (unpaired) electrons. The lowest BCUT2D eigenvalue weighted by atomic mass is 10.2. The predicted octanol–water partition coefficient (Wildman–Crippen LogP) is 3.79. The molecule has 178 valence electrons. The Labute approximate surface area is 197 Å². The Bertz CT molecular complexity index is 1350. The number of hydrogen-bond donors (Lipinski definition) is 2. The first kappa shape index (κ1) is 23.7. The number of anilines is 1. The first-order valence-corrected chi connectivity index (χ1v) is 12.4. The summed E-state index contributed by atoms with van der Waals surface area (Å²) in [5.41, 5.74) is 2.01. The molecular formula is C24H26N4O5S. The van der Waals surface area contributed by atoms with E-state index in [1.807, 2.05) is 35.8 Å². The smallest absolute Gasteiger partial charge is 0.257 e. The summed E-state index contributed by atoms with van der Waals surface area (Å²) in [7, 11) is -3.75. The average molecular weight is 483 g/mol. The second kappa shape index (κ2) is 10.6. The van der Waals surface area contributed by atoms with Gasteiger partial charge in [0.05, 0.1) is 28.7 Å². The molecule has 2 aromatic carbocycles. The molecule has 4 rings (SSSR count). The fraction of sp³-hybridized carbons (Fsp3) is 0.250. The lowest BCUT2D eigenvalue weighted by Gasteiger charge is -2.11. The predicted molar refractivity (Wildman–Crippen MR) is 128 cm³/mol. The molecule has 0 aliphatic rings. The van der Waals surface area contributed by atoms with E-state index in [1.165, 1.54) is 30.5 Å². The zero-order valence-corrected chi connectivity index (χ0v) is 19.5. The maximum atomic E-state index is 12.9. The minimum Gasteiger partial charge on any atom is -0.468 e. The Morgan fingerprint density at radius 3 is 2.62 bits per heavy atom. The molecule has 0 fully saturated rings. The molecule has 0 spiro atoms. The van der Waals surface area contributed by atoms with E-state index in [4.69, 9.17) is 9.15 Å². The van der Waals surface area contributed by atoms with Gasteiger partial charge in [-0.2, -0.15) is 0 Å². The molecule has 34 heavy (non-hydrogen) atoms. The van der Waals surface area contributed by atoms with E-state index in [9.17, 15) is 13.2 Å². The van der Waals surface area contributed by atoms with E-state index in [2.05, 4.69) is 15.0 Å². The number of carbonyl (C=O) groups is 1. The molecule has 2 aromatic heterocycles. The highest BCUT2D eigenvalue weighted by atomic mass is 32.2. The summed E-state index contributed by atoms with van der Waals surface area (Å²) in [4.78, 5) is 17.5. The summed E-state index contributed by atoms with van der Waals surface area (Å²) in [6, 6.07) is 16.8. The quantitative estimate of drug-likeness (QED) is 0.314. The number of carbonyl (C=O) groups excluding carboxylic acids is 1. The number of aryl methyl sites for hydroxylation is 1.